The molecule has 2 aliphatic rings. The van der Waals surface area contributed by atoms with Gasteiger partial charge in [0.2, 0.25) is 11.8 Å². The first kappa shape index (κ1) is 25.3. The summed E-state index contributed by atoms with van der Waals surface area (Å²) in [6.45, 7) is 13.9. The van der Waals surface area contributed by atoms with Crippen molar-refractivity contribution in [1.29, 1.82) is 0 Å². The number of thiophene rings is 1. The highest BCUT2D eigenvalue weighted by molar-refractivity contribution is 8.00. The number of nitrogens with one attached hydrogen (secondary N) is 1. The van der Waals surface area contributed by atoms with Crippen LogP contribution in [0.25, 0.3) is 0 Å². The van der Waals surface area contributed by atoms with Crippen molar-refractivity contribution in [2.24, 2.45) is 0 Å². The van der Waals surface area contributed by atoms with E-state index < -0.39 is 0 Å². The molecule has 4 rings (SSSR count). The lowest BCUT2D eigenvalue weighted by Crippen LogP contribution is -2.45. The van der Waals surface area contributed by atoms with Crippen molar-refractivity contribution in [2.45, 2.75) is 76.7 Å². The first-order chi connectivity index (χ1) is 16.0. The molecule has 9 heteroatoms. The number of nitrogens with zero attached hydrogens (tertiary/aromatic N) is 3. The van der Waals surface area contributed by atoms with Crippen molar-refractivity contribution in [3.8, 4) is 0 Å². The van der Waals surface area contributed by atoms with Gasteiger partial charge in [0, 0.05) is 24.1 Å². The van der Waals surface area contributed by atoms with Crippen LogP contribution in [-0.2, 0) is 25.3 Å². The van der Waals surface area contributed by atoms with Crippen LogP contribution in [0, 0.1) is 0 Å². The summed E-state index contributed by atoms with van der Waals surface area (Å²) in [5, 5.41) is 12.3. The highest BCUT2D eigenvalue weighted by Gasteiger charge is 2.41. The molecule has 2 aliphatic heterocycles. The minimum atomic E-state index is -0.367. The molecule has 2 aromatic rings. The number of rotatable bonds is 5. The Morgan fingerprint density at radius 1 is 1.26 bits per heavy atom. The third-order valence-corrected chi connectivity index (χ3v) is 8.09. The zero-order valence-corrected chi connectivity index (χ0v) is 22.6. The van der Waals surface area contributed by atoms with Crippen molar-refractivity contribution in [3.63, 3.8) is 0 Å². The summed E-state index contributed by atoms with van der Waals surface area (Å²) >= 11 is 3.28. The lowest BCUT2D eigenvalue weighted by atomic mass is 9.87. The largest absolute Gasteiger partial charge is 0.376 e. The summed E-state index contributed by atoms with van der Waals surface area (Å²) < 4.78 is 7.60. The van der Waals surface area contributed by atoms with Gasteiger partial charge in [0.25, 0.3) is 0 Å². The van der Waals surface area contributed by atoms with E-state index in [2.05, 4.69) is 63.7 Å². The second-order valence-electron chi connectivity index (χ2n) is 11.1. The highest BCUT2D eigenvalue weighted by Crippen LogP contribution is 2.49. The summed E-state index contributed by atoms with van der Waals surface area (Å²) in [6.07, 6.45) is 2.04. The van der Waals surface area contributed by atoms with Crippen LogP contribution in [0.5, 0.6) is 0 Å². The normalized spacial score (nSPS) is 21.5. The fourth-order valence-corrected chi connectivity index (χ4v) is 6.42. The molecular weight excluding hydrogens is 468 g/mol. The van der Waals surface area contributed by atoms with Crippen molar-refractivity contribution < 1.29 is 14.3 Å². The summed E-state index contributed by atoms with van der Waals surface area (Å²) in [4.78, 5) is 28.2. The van der Waals surface area contributed by atoms with Crippen LogP contribution in [0.15, 0.2) is 16.8 Å². The minimum Gasteiger partial charge on any atom is -0.376 e. The van der Waals surface area contributed by atoms with Gasteiger partial charge in [0.1, 0.15) is 12.4 Å². The zero-order chi connectivity index (χ0) is 24.7. The van der Waals surface area contributed by atoms with Crippen LogP contribution < -0.4 is 10.2 Å². The van der Waals surface area contributed by atoms with Crippen LogP contribution in [-0.4, -0.2) is 53.1 Å². The molecule has 0 aromatic carbocycles. The monoisotopic (exact) mass is 504 g/mol. The molecule has 34 heavy (non-hydrogen) atoms. The molecule has 0 bridgehead atoms. The first-order valence-corrected chi connectivity index (χ1v) is 13.9. The molecule has 186 valence electrons. The zero-order valence-electron chi connectivity index (χ0n) is 21.0. The molecule has 4 heterocycles. The molecule has 2 atom stereocenters. The van der Waals surface area contributed by atoms with Crippen molar-refractivity contribution in [1.82, 2.24) is 15.1 Å². The molecule has 0 unspecified atom stereocenters. The number of amides is 2. The predicted molar refractivity (Wildman–Crippen MR) is 139 cm³/mol. The quantitative estimate of drug-likeness (QED) is 0.651. The first-order valence-electron chi connectivity index (χ1n) is 11.9. The second kappa shape index (κ2) is 9.66. The van der Waals surface area contributed by atoms with Crippen LogP contribution in [0.4, 0.5) is 5.82 Å². The van der Waals surface area contributed by atoms with E-state index in [0.717, 1.165) is 36.5 Å². The maximum atomic E-state index is 13.5. The molecule has 2 aromatic heterocycles. The maximum Gasteiger partial charge on any atom is 0.240 e. The molecule has 0 aliphatic carbocycles. The molecule has 0 saturated carbocycles. The Balaban J connectivity index is 1.78. The van der Waals surface area contributed by atoms with Gasteiger partial charge in [0.05, 0.1) is 28.3 Å². The fraction of sp³-hybridized carbons (Fsp3) is 0.640. The molecule has 1 fully saturated rings. The van der Waals surface area contributed by atoms with Gasteiger partial charge in [-0.2, -0.15) is 16.4 Å². The van der Waals surface area contributed by atoms with Crippen LogP contribution in [0.1, 0.15) is 76.5 Å². The molecule has 2 amide bonds. The molecular formula is C25H36N4O3S2. The Hall–Kier alpha value is -1.84. The van der Waals surface area contributed by atoms with Gasteiger partial charge in [-0.15, -0.1) is 11.8 Å². The summed E-state index contributed by atoms with van der Waals surface area (Å²) in [5.41, 5.74) is 2.60. The van der Waals surface area contributed by atoms with E-state index >= 15 is 0 Å². The van der Waals surface area contributed by atoms with Gasteiger partial charge >= 0.3 is 0 Å². The van der Waals surface area contributed by atoms with Gasteiger partial charge in [0.15, 0.2) is 0 Å². The van der Waals surface area contributed by atoms with E-state index in [-0.39, 0.29) is 40.7 Å². The Labute approximate surface area is 210 Å². The number of ether oxygens (including phenoxy) is 1. The van der Waals surface area contributed by atoms with Gasteiger partial charge in [-0.05, 0) is 56.0 Å². The van der Waals surface area contributed by atoms with Gasteiger partial charge in [-0.3, -0.25) is 14.5 Å². The second-order valence-corrected chi connectivity index (χ2v) is 13.0. The van der Waals surface area contributed by atoms with Crippen molar-refractivity contribution in [2.75, 3.05) is 30.3 Å². The number of carbonyl (C=O) groups excluding carboxylic acids is 2. The van der Waals surface area contributed by atoms with Crippen LogP contribution in [0.3, 0.4) is 0 Å². The van der Waals surface area contributed by atoms with Crippen molar-refractivity contribution in [3.05, 3.63) is 33.6 Å². The van der Waals surface area contributed by atoms with E-state index in [9.17, 15) is 9.59 Å². The summed E-state index contributed by atoms with van der Waals surface area (Å²) in [5.74, 6) is 0.813. The van der Waals surface area contributed by atoms with E-state index in [4.69, 9.17) is 9.84 Å². The topological polar surface area (TPSA) is 76.5 Å². The van der Waals surface area contributed by atoms with E-state index in [0.29, 0.717) is 12.3 Å². The van der Waals surface area contributed by atoms with E-state index in [1.165, 1.54) is 5.56 Å². The summed E-state index contributed by atoms with van der Waals surface area (Å²) in [7, 11) is 0. The smallest absolute Gasteiger partial charge is 0.240 e. The third kappa shape index (κ3) is 5.21. The Bertz CT molecular complexity index is 1030. The number of hydrogen-bond donors (Lipinski definition) is 1. The van der Waals surface area contributed by atoms with Gasteiger partial charge < -0.3 is 10.1 Å². The van der Waals surface area contributed by atoms with Crippen molar-refractivity contribution >= 4 is 40.7 Å². The standard InChI is InChI=1S/C25H36N4O3S2/c1-24(2,3)22-20-21(16-9-11-33-14-16)34-15-19(31)28(23(20)29(27-22)25(4,5)6)13-18(30)26-12-17-8-7-10-32-17/h9,11,14,17,21H,7-8,10,12-13,15H2,1-6H3,(H,26,30)/t17-,21+/m1/s1. The third-order valence-electron chi connectivity index (χ3n) is 6.13. The molecule has 7 nitrogen and oxygen atoms in total. The molecule has 0 spiro atoms. The number of carbonyl (C=O) groups is 2. The fourth-order valence-electron chi connectivity index (χ4n) is 4.46. The maximum absolute atomic E-state index is 13.5. The minimum absolute atomic E-state index is 0.0181. The average Bonchev–Trinajstić information content (AvgIpc) is 3.49. The highest BCUT2D eigenvalue weighted by atomic mass is 32.2. The lowest BCUT2D eigenvalue weighted by molar-refractivity contribution is -0.123. The SMILES string of the molecule is CC(C)(C)c1nn(C(C)(C)C)c2c1[C@H](c1ccsc1)SCC(=O)N2CC(=O)NC[C@H]1CCCO1. The summed E-state index contributed by atoms with van der Waals surface area (Å²) in [6, 6.07) is 2.13. The van der Waals surface area contributed by atoms with E-state index in [1.807, 2.05) is 4.68 Å². The number of thioether (sulfide) groups is 1. The van der Waals surface area contributed by atoms with Crippen LogP contribution >= 0.6 is 23.1 Å². The molecule has 0 radical (unpaired) electrons. The number of fused-ring (bicyclic) bond motifs is 1. The van der Waals surface area contributed by atoms with Crippen LogP contribution in [0.2, 0.25) is 0 Å². The number of anilines is 1. The Morgan fingerprint density at radius 2 is 2.03 bits per heavy atom. The van der Waals surface area contributed by atoms with Gasteiger partial charge in [-0.25, -0.2) is 4.68 Å². The van der Waals surface area contributed by atoms with Gasteiger partial charge in [-0.1, -0.05) is 20.8 Å². The lowest BCUT2D eigenvalue weighted by Gasteiger charge is -2.29. The average molecular weight is 505 g/mol. The Kier molecular flexibility index (Phi) is 7.18. The number of aromatic nitrogens is 2. The predicted octanol–water partition coefficient (Wildman–Crippen LogP) is 4.46. The number of hydrogen-bond acceptors (Lipinski definition) is 6. The Morgan fingerprint density at radius 3 is 2.62 bits per heavy atom. The molecule has 1 saturated heterocycles. The van der Waals surface area contributed by atoms with E-state index in [1.54, 1.807) is 28.0 Å². The molecule has 1 N–H and O–H groups in total.